The van der Waals surface area contributed by atoms with Gasteiger partial charge in [-0.1, -0.05) is 0 Å². The van der Waals surface area contributed by atoms with Gasteiger partial charge in [0.1, 0.15) is 0 Å². The van der Waals surface area contributed by atoms with Crippen molar-refractivity contribution in [3.05, 3.63) is 67.1 Å². The Morgan fingerprint density at radius 1 is 0.933 bits per heavy atom. The summed E-state index contributed by atoms with van der Waals surface area (Å²) < 4.78 is 0. The maximum atomic E-state index is 4.16. The molecular weight excluding hydrogens is 184 g/mol. The summed E-state index contributed by atoms with van der Waals surface area (Å²) in [4.78, 5) is 7.99. The van der Waals surface area contributed by atoms with Crippen LogP contribution in [0.3, 0.4) is 0 Å². The molecule has 0 bridgehead atoms. The highest BCUT2D eigenvalue weighted by molar-refractivity contribution is 5.21. The van der Waals surface area contributed by atoms with Crippen molar-refractivity contribution in [1.82, 2.24) is 9.97 Å². The molecule has 0 spiro atoms. The number of hydrogen-bond acceptors (Lipinski definition) is 2. The molecule has 1 radical (unpaired) electrons. The first-order valence-corrected chi connectivity index (χ1v) is 4.98. The molecule has 75 valence electrons. The molecule has 2 aromatic heterocycles. The lowest BCUT2D eigenvalue weighted by atomic mass is 9.95. The van der Waals surface area contributed by atoms with Gasteiger partial charge in [0.15, 0.2) is 0 Å². The molecule has 0 N–H and O–H groups in total. The predicted molar refractivity (Wildman–Crippen MR) is 60.3 cm³/mol. The zero-order valence-electron chi connectivity index (χ0n) is 8.50. The SMILES string of the molecule is [CH2]C(Cc1ccncc1)c1ccncc1. The number of aromatic nitrogens is 2. The maximum Gasteiger partial charge on any atom is 0.0270 e. The van der Waals surface area contributed by atoms with Crippen molar-refractivity contribution in [3.63, 3.8) is 0 Å². The Hall–Kier alpha value is -1.70. The van der Waals surface area contributed by atoms with Gasteiger partial charge in [0.05, 0.1) is 0 Å². The second-order valence-corrected chi connectivity index (χ2v) is 3.54. The Kier molecular flexibility index (Phi) is 3.08. The van der Waals surface area contributed by atoms with Gasteiger partial charge in [0, 0.05) is 24.8 Å². The van der Waals surface area contributed by atoms with E-state index in [-0.39, 0.29) is 5.92 Å². The number of nitrogens with zero attached hydrogens (tertiary/aromatic N) is 2. The lowest BCUT2D eigenvalue weighted by molar-refractivity contribution is 0.828. The number of rotatable bonds is 3. The summed E-state index contributed by atoms with van der Waals surface area (Å²) in [5, 5.41) is 0. The second-order valence-electron chi connectivity index (χ2n) is 3.54. The molecule has 0 aliphatic carbocycles. The highest BCUT2D eigenvalue weighted by Gasteiger charge is 2.05. The average molecular weight is 197 g/mol. The third kappa shape index (κ3) is 2.62. The van der Waals surface area contributed by atoms with E-state index in [9.17, 15) is 0 Å². The van der Waals surface area contributed by atoms with Gasteiger partial charge in [0.2, 0.25) is 0 Å². The zero-order valence-corrected chi connectivity index (χ0v) is 8.50. The number of pyridine rings is 2. The summed E-state index contributed by atoms with van der Waals surface area (Å²) in [7, 11) is 0. The average Bonchev–Trinajstić information content (AvgIpc) is 2.31. The molecule has 2 aromatic rings. The number of hydrogen-bond donors (Lipinski definition) is 0. The molecule has 0 amide bonds. The fourth-order valence-corrected chi connectivity index (χ4v) is 1.56. The highest BCUT2D eigenvalue weighted by atomic mass is 14.6. The second kappa shape index (κ2) is 4.69. The minimum absolute atomic E-state index is 0.274. The van der Waals surface area contributed by atoms with E-state index in [1.807, 2.05) is 36.7 Å². The van der Waals surface area contributed by atoms with Crippen LogP contribution in [0.15, 0.2) is 49.1 Å². The standard InChI is InChI=1S/C13H13N2/c1-11(13-4-8-15-9-5-13)10-12-2-6-14-7-3-12/h2-9,11H,1,10H2. The topological polar surface area (TPSA) is 25.8 Å². The molecule has 0 aliphatic rings. The van der Waals surface area contributed by atoms with Crippen molar-refractivity contribution in [3.8, 4) is 0 Å². The van der Waals surface area contributed by atoms with Crippen LogP contribution >= 0.6 is 0 Å². The molecule has 0 aromatic carbocycles. The van der Waals surface area contributed by atoms with Gasteiger partial charge >= 0.3 is 0 Å². The molecule has 15 heavy (non-hydrogen) atoms. The summed E-state index contributed by atoms with van der Waals surface area (Å²) in [5.74, 6) is 0.274. The van der Waals surface area contributed by atoms with E-state index in [0.29, 0.717) is 0 Å². The predicted octanol–water partition coefficient (Wildman–Crippen LogP) is 2.64. The lowest BCUT2D eigenvalue weighted by Crippen LogP contribution is -1.98. The van der Waals surface area contributed by atoms with E-state index in [2.05, 4.69) is 16.9 Å². The van der Waals surface area contributed by atoms with Gasteiger partial charge in [0.25, 0.3) is 0 Å². The summed E-state index contributed by atoms with van der Waals surface area (Å²) >= 11 is 0. The van der Waals surface area contributed by atoms with Gasteiger partial charge in [-0.25, -0.2) is 0 Å². The van der Waals surface area contributed by atoms with Crippen LogP contribution in [0, 0.1) is 6.92 Å². The molecule has 1 unspecified atom stereocenters. The smallest absolute Gasteiger partial charge is 0.0270 e. The Morgan fingerprint density at radius 3 is 2.07 bits per heavy atom. The van der Waals surface area contributed by atoms with Crippen LogP contribution in [0.1, 0.15) is 17.0 Å². The lowest BCUT2D eigenvalue weighted by Gasteiger charge is -2.10. The summed E-state index contributed by atoms with van der Waals surface area (Å²) in [5.41, 5.74) is 2.49. The van der Waals surface area contributed by atoms with Gasteiger partial charge < -0.3 is 0 Å². The Balaban J connectivity index is 2.08. The normalized spacial score (nSPS) is 12.3. The van der Waals surface area contributed by atoms with Gasteiger partial charge in [-0.15, -0.1) is 0 Å². The van der Waals surface area contributed by atoms with Crippen LogP contribution in [0.4, 0.5) is 0 Å². The quantitative estimate of drug-likeness (QED) is 0.756. The monoisotopic (exact) mass is 197 g/mol. The molecule has 1 atom stereocenters. The first-order chi connectivity index (χ1) is 7.36. The van der Waals surface area contributed by atoms with Gasteiger partial charge in [-0.2, -0.15) is 0 Å². The maximum absolute atomic E-state index is 4.16. The van der Waals surface area contributed by atoms with E-state index in [0.717, 1.165) is 6.42 Å². The van der Waals surface area contributed by atoms with Crippen LogP contribution in [-0.4, -0.2) is 9.97 Å². The van der Waals surface area contributed by atoms with Crippen LogP contribution in [0.5, 0.6) is 0 Å². The summed E-state index contributed by atoms with van der Waals surface area (Å²) in [6.45, 7) is 4.16. The molecule has 2 heteroatoms. The molecule has 2 rings (SSSR count). The van der Waals surface area contributed by atoms with E-state index < -0.39 is 0 Å². The van der Waals surface area contributed by atoms with Gasteiger partial charge in [-0.05, 0) is 54.7 Å². The zero-order chi connectivity index (χ0) is 10.5. The molecule has 0 fully saturated rings. The fraction of sp³-hybridized carbons (Fsp3) is 0.154. The van der Waals surface area contributed by atoms with E-state index in [4.69, 9.17) is 0 Å². The van der Waals surface area contributed by atoms with Gasteiger partial charge in [-0.3, -0.25) is 9.97 Å². The van der Waals surface area contributed by atoms with Crippen molar-refractivity contribution >= 4 is 0 Å². The Morgan fingerprint density at radius 2 is 1.47 bits per heavy atom. The van der Waals surface area contributed by atoms with Crippen molar-refractivity contribution in [1.29, 1.82) is 0 Å². The Labute approximate surface area is 90.0 Å². The minimum Gasteiger partial charge on any atom is -0.265 e. The first-order valence-electron chi connectivity index (χ1n) is 4.98. The van der Waals surface area contributed by atoms with E-state index >= 15 is 0 Å². The van der Waals surface area contributed by atoms with Crippen molar-refractivity contribution in [2.45, 2.75) is 12.3 Å². The molecule has 2 heterocycles. The summed E-state index contributed by atoms with van der Waals surface area (Å²) in [6, 6.07) is 8.08. The van der Waals surface area contributed by atoms with Crippen LogP contribution in [0.2, 0.25) is 0 Å². The van der Waals surface area contributed by atoms with Crippen LogP contribution in [0.25, 0.3) is 0 Å². The molecular formula is C13H13N2. The van der Waals surface area contributed by atoms with Crippen molar-refractivity contribution < 1.29 is 0 Å². The molecule has 0 aliphatic heterocycles. The molecule has 0 saturated heterocycles. The van der Waals surface area contributed by atoms with Crippen molar-refractivity contribution in [2.24, 2.45) is 0 Å². The third-order valence-electron chi connectivity index (χ3n) is 2.41. The van der Waals surface area contributed by atoms with E-state index in [1.54, 1.807) is 12.4 Å². The molecule has 0 saturated carbocycles. The largest absolute Gasteiger partial charge is 0.265 e. The molecule has 2 nitrogen and oxygen atoms in total. The minimum atomic E-state index is 0.274. The fourth-order valence-electron chi connectivity index (χ4n) is 1.56. The van der Waals surface area contributed by atoms with Crippen molar-refractivity contribution in [2.75, 3.05) is 0 Å². The third-order valence-corrected chi connectivity index (χ3v) is 2.41. The Bertz CT molecular complexity index is 397. The van der Waals surface area contributed by atoms with E-state index in [1.165, 1.54) is 11.1 Å². The first kappa shape index (κ1) is 9.84. The van der Waals surface area contributed by atoms with Crippen LogP contribution in [-0.2, 0) is 6.42 Å². The van der Waals surface area contributed by atoms with Crippen LogP contribution < -0.4 is 0 Å². The summed E-state index contributed by atoms with van der Waals surface area (Å²) in [6.07, 6.45) is 8.18. The highest BCUT2D eigenvalue weighted by Crippen LogP contribution is 2.18.